The molecule has 1 aliphatic rings. The summed E-state index contributed by atoms with van der Waals surface area (Å²) < 4.78 is 5.53. The van der Waals surface area contributed by atoms with Crippen molar-refractivity contribution in [2.45, 2.75) is 34.6 Å². The van der Waals surface area contributed by atoms with Crippen LogP contribution in [0.15, 0.2) is 48.3 Å². The van der Waals surface area contributed by atoms with E-state index >= 15 is 0 Å². The fourth-order valence-corrected chi connectivity index (χ4v) is 3.19. The number of nitrogens with zero attached hydrogens (tertiary/aromatic N) is 1. The minimum atomic E-state index is -0.233. The molecule has 0 fully saturated rings. The second-order valence-corrected chi connectivity index (χ2v) is 6.73. The number of hydrogen-bond acceptors (Lipinski definition) is 2. The predicted octanol–water partition coefficient (Wildman–Crippen LogP) is 4.76. The highest BCUT2D eigenvalue weighted by Crippen LogP contribution is 2.36. The van der Waals surface area contributed by atoms with Crippen molar-refractivity contribution in [3.8, 4) is 0 Å². The van der Waals surface area contributed by atoms with Gasteiger partial charge in [-0.1, -0.05) is 56.3 Å². The van der Waals surface area contributed by atoms with Crippen LogP contribution >= 0.6 is 0 Å². The number of rotatable bonds is 6. The Morgan fingerprint density at radius 1 is 1.24 bits per heavy atom. The highest BCUT2D eigenvalue weighted by molar-refractivity contribution is 5.90. The maximum Gasteiger partial charge on any atom is 0.328 e. The number of nitrogens with one attached hydrogen (secondary N) is 1. The summed E-state index contributed by atoms with van der Waals surface area (Å²) in [4.78, 5) is 14.2. The van der Waals surface area contributed by atoms with E-state index in [4.69, 9.17) is 4.74 Å². The van der Waals surface area contributed by atoms with Crippen molar-refractivity contribution in [3.05, 3.63) is 65.0 Å². The molecule has 1 heterocycles. The van der Waals surface area contributed by atoms with Gasteiger partial charge in [0.2, 0.25) is 0 Å². The number of allylic oxidation sites excluding steroid dienone is 2. The molecule has 0 unspecified atom stereocenters. The molecule has 25 heavy (non-hydrogen) atoms. The molecular weight excluding hydrogens is 312 g/mol. The van der Waals surface area contributed by atoms with Gasteiger partial charge in [0.15, 0.2) is 0 Å². The van der Waals surface area contributed by atoms with Crippen molar-refractivity contribution >= 4 is 11.6 Å². The Labute approximate surface area is 150 Å². The number of amides is 2. The van der Waals surface area contributed by atoms with Gasteiger partial charge in [0.25, 0.3) is 0 Å². The molecule has 1 aromatic carbocycles. The summed E-state index contributed by atoms with van der Waals surface area (Å²) in [6.07, 6.45) is 0. The zero-order chi connectivity index (χ0) is 18.7. The van der Waals surface area contributed by atoms with Gasteiger partial charge < -0.3 is 10.1 Å². The lowest BCUT2D eigenvalue weighted by Crippen LogP contribution is -2.46. The third kappa shape index (κ3) is 4.02. The standard InChI is InChI=1S/C21H28N2O2/c1-8-25-12-23-20(19(13(2)3)17(7)22-21(23)24)16(6)18-10-14(4)9-15(5)11-18/h9-11,13H,6-8,12H2,1-5H3,(H,22,24). The Balaban J connectivity index is 2.61. The van der Waals surface area contributed by atoms with E-state index in [1.165, 1.54) is 11.1 Å². The number of carbonyl (C=O) groups excluding carboxylic acids is 1. The summed E-state index contributed by atoms with van der Waals surface area (Å²) in [5.41, 5.74) is 6.57. The van der Waals surface area contributed by atoms with Gasteiger partial charge in [-0.05, 0) is 37.8 Å². The fourth-order valence-electron chi connectivity index (χ4n) is 3.19. The molecule has 0 spiro atoms. The summed E-state index contributed by atoms with van der Waals surface area (Å²) in [5.74, 6) is 0.190. The van der Waals surface area contributed by atoms with Crippen LogP contribution in [0.1, 0.15) is 37.5 Å². The van der Waals surface area contributed by atoms with Crippen molar-refractivity contribution in [3.63, 3.8) is 0 Å². The molecule has 0 saturated heterocycles. The predicted molar refractivity (Wildman–Crippen MR) is 103 cm³/mol. The van der Waals surface area contributed by atoms with Gasteiger partial charge in [-0.15, -0.1) is 0 Å². The summed E-state index contributed by atoms with van der Waals surface area (Å²) >= 11 is 0. The molecule has 134 valence electrons. The van der Waals surface area contributed by atoms with Gasteiger partial charge in [-0.2, -0.15) is 0 Å². The van der Waals surface area contributed by atoms with E-state index < -0.39 is 0 Å². The molecule has 1 aliphatic heterocycles. The Hall–Kier alpha value is -2.33. The molecule has 1 N–H and O–H groups in total. The lowest BCUT2D eigenvalue weighted by atomic mass is 9.89. The van der Waals surface area contributed by atoms with Crippen LogP contribution in [0.4, 0.5) is 4.79 Å². The molecule has 2 amide bonds. The Morgan fingerprint density at radius 2 is 1.84 bits per heavy atom. The van der Waals surface area contributed by atoms with Crippen LogP contribution in [0.2, 0.25) is 0 Å². The quantitative estimate of drug-likeness (QED) is 0.811. The largest absolute Gasteiger partial charge is 0.361 e. The zero-order valence-electron chi connectivity index (χ0n) is 15.9. The molecule has 0 saturated carbocycles. The number of urea groups is 1. The minimum absolute atomic E-state index is 0.186. The van der Waals surface area contributed by atoms with E-state index in [-0.39, 0.29) is 18.7 Å². The van der Waals surface area contributed by atoms with Crippen molar-refractivity contribution in [1.29, 1.82) is 0 Å². The van der Waals surface area contributed by atoms with E-state index in [0.717, 1.165) is 22.4 Å². The van der Waals surface area contributed by atoms with Gasteiger partial charge in [0, 0.05) is 17.9 Å². The van der Waals surface area contributed by atoms with Crippen molar-refractivity contribution in [2.75, 3.05) is 13.3 Å². The van der Waals surface area contributed by atoms with Crippen molar-refractivity contribution < 1.29 is 9.53 Å². The average molecular weight is 340 g/mol. The third-order valence-corrected chi connectivity index (χ3v) is 4.21. The van der Waals surface area contributed by atoms with Gasteiger partial charge in [-0.3, -0.25) is 4.90 Å². The molecule has 0 aliphatic carbocycles. The molecule has 0 bridgehead atoms. The first kappa shape index (κ1) is 19.0. The molecule has 2 rings (SSSR count). The topological polar surface area (TPSA) is 41.6 Å². The molecular formula is C21H28N2O2. The highest BCUT2D eigenvalue weighted by atomic mass is 16.5. The molecule has 0 radical (unpaired) electrons. The van der Waals surface area contributed by atoms with Crippen LogP contribution in [0.5, 0.6) is 0 Å². The van der Waals surface area contributed by atoms with Gasteiger partial charge in [0.1, 0.15) is 6.73 Å². The van der Waals surface area contributed by atoms with E-state index in [1.807, 2.05) is 6.92 Å². The molecule has 0 atom stereocenters. The summed E-state index contributed by atoms with van der Waals surface area (Å²) in [6, 6.07) is 6.07. The number of aryl methyl sites for hydroxylation is 2. The van der Waals surface area contributed by atoms with Crippen LogP contribution < -0.4 is 5.32 Å². The first-order valence-corrected chi connectivity index (χ1v) is 8.63. The average Bonchev–Trinajstić information content (AvgIpc) is 2.51. The second-order valence-electron chi connectivity index (χ2n) is 6.73. The first-order valence-electron chi connectivity index (χ1n) is 8.63. The monoisotopic (exact) mass is 340 g/mol. The van der Waals surface area contributed by atoms with Crippen LogP contribution in [0.3, 0.4) is 0 Å². The van der Waals surface area contributed by atoms with Crippen LogP contribution in [0.25, 0.3) is 5.57 Å². The SMILES string of the molecule is C=C1NC(=O)N(COCC)C(C(=C)c2cc(C)cc(C)c2)=C1C(C)C. The number of benzene rings is 1. The van der Waals surface area contributed by atoms with Crippen LogP contribution in [-0.4, -0.2) is 24.3 Å². The molecule has 4 heteroatoms. The Bertz CT molecular complexity index is 724. The lowest BCUT2D eigenvalue weighted by molar-refractivity contribution is 0.0716. The normalized spacial score (nSPS) is 15.0. The summed E-state index contributed by atoms with van der Waals surface area (Å²) in [7, 11) is 0. The van der Waals surface area contributed by atoms with Gasteiger partial charge in [0.05, 0.1) is 5.70 Å². The van der Waals surface area contributed by atoms with E-state index in [9.17, 15) is 4.79 Å². The first-order chi connectivity index (χ1) is 11.8. The van der Waals surface area contributed by atoms with E-state index in [1.54, 1.807) is 4.90 Å². The Kier molecular flexibility index (Phi) is 5.85. The maximum atomic E-state index is 12.6. The fraction of sp³-hybridized carbons (Fsp3) is 0.381. The summed E-state index contributed by atoms with van der Waals surface area (Å²) in [5, 5.41) is 2.84. The van der Waals surface area contributed by atoms with Gasteiger partial charge in [-0.25, -0.2) is 4.79 Å². The number of carbonyl (C=O) groups is 1. The smallest absolute Gasteiger partial charge is 0.328 e. The number of hydrogen-bond donors (Lipinski definition) is 1. The molecule has 0 aromatic heterocycles. The third-order valence-electron chi connectivity index (χ3n) is 4.21. The van der Waals surface area contributed by atoms with Crippen molar-refractivity contribution in [1.82, 2.24) is 10.2 Å². The van der Waals surface area contributed by atoms with E-state index in [0.29, 0.717) is 12.3 Å². The molecule has 1 aromatic rings. The zero-order valence-corrected chi connectivity index (χ0v) is 15.9. The van der Waals surface area contributed by atoms with Crippen LogP contribution in [0, 0.1) is 19.8 Å². The van der Waals surface area contributed by atoms with Crippen molar-refractivity contribution in [2.24, 2.45) is 5.92 Å². The lowest BCUT2D eigenvalue weighted by Gasteiger charge is -2.36. The maximum absolute atomic E-state index is 12.6. The summed E-state index contributed by atoms with van der Waals surface area (Å²) in [6.45, 7) is 19.3. The van der Waals surface area contributed by atoms with Crippen LogP contribution in [-0.2, 0) is 4.74 Å². The number of ether oxygens (including phenoxy) is 1. The highest BCUT2D eigenvalue weighted by Gasteiger charge is 2.32. The minimum Gasteiger partial charge on any atom is -0.361 e. The van der Waals surface area contributed by atoms with E-state index in [2.05, 4.69) is 64.4 Å². The Morgan fingerprint density at radius 3 is 2.36 bits per heavy atom. The molecule has 4 nitrogen and oxygen atoms in total. The van der Waals surface area contributed by atoms with Gasteiger partial charge >= 0.3 is 6.03 Å². The second kappa shape index (κ2) is 7.70.